The third-order valence-corrected chi connectivity index (χ3v) is 5.26. The van der Waals surface area contributed by atoms with Gasteiger partial charge in [-0.1, -0.05) is 35.9 Å². The summed E-state index contributed by atoms with van der Waals surface area (Å²) in [5.41, 5.74) is 2.21. The standard InChI is InChI=1S/C21H20N2O4S/c1-16-7-9-18(10-8-16)23-28(25,26)20-13-11-19(12-14-20)27-15-21(24)22-17-5-3-2-4-6-17/h2-14,23H,15H2,1H3,(H,22,24). The first kappa shape index (κ1) is 19.4. The van der Waals surface area contributed by atoms with Gasteiger partial charge in [-0.2, -0.15) is 0 Å². The molecule has 0 aliphatic carbocycles. The number of benzene rings is 3. The molecule has 0 aromatic heterocycles. The molecular weight excluding hydrogens is 376 g/mol. The van der Waals surface area contributed by atoms with Gasteiger partial charge in [0.15, 0.2) is 6.61 Å². The van der Waals surface area contributed by atoms with Crippen molar-refractivity contribution in [2.75, 3.05) is 16.6 Å². The summed E-state index contributed by atoms with van der Waals surface area (Å²) in [5, 5.41) is 2.71. The van der Waals surface area contributed by atoms with Crippen LogP contribution in [-0.2, 0) is 14.8 Å². The van der Waals surface area contributed by atoms with Gasteiger partial charge >= 0.3 is 0 Å². The van der Waals surface area contributed by atoms with Gasteiger partial charge in [-0.05, 0) is 55.5 Å². The SMILES string of the molecule is Cc1ccc(NS(=O)(=O)c2ccc(OCC(=O)Nc3ccccc3)cc2)cc1. The minimum Gasteiger partial charge on any atom is -0.484 e. The molecule has 0 bridgehead atoms. The highest BCUT2D eigenvalue weighted by atomic mass is 32.2. The van der Waals surface area contributed by atoms with E-state index in [1.54, 1.807) is 24.3 Å². The average molecular weight is 396 g/mol. The zero-order chi connectivity index (χ0) is 20.0. The van der Waals surface area contributed by atoms with Crippen LogP contribution in [0, 0.1) is 6.92 Å². The van der Waals surface area contributed by atoms with Crippen LogP contribution in [0.3, 0.4) is 0 Å². The maximum absolute atomic E-state index is 12.5. The Hall–Kier alpha value is -3.32. The van der Waals surface area contributed by atoms with Crippen molar-refractivity contribution in [2.45, 2.75) is 11.8 Å². The van der Waals surface area contributed by atoms with Gasteiger partial charge in [0.25, 0.3) is 15.9 Å². The molecule has 0 aliphatic rings. The zero-order valence-corrected chi connectivity index (χ0v) is 16.1. The molecule has 0 radical (unpaired) electrons. The molecule has 0 saturated carbocycles. The van der Waals surface area contributed by atoms with E-state index in [0.29, 0.717) is 17.1 Å². The van der Waals surface area contributed by atoms with Crippen LogP contribution in [0.2, 0.25) is 0 Å². The van der Waals surface area contributed by atoms with E-state index in [4.69, 9.17) is 4.74 Å². The predicted octanol–water partition coefficient (Wildman–Crippen LogP) is 3.81. The van der Waals surface area contributed by atoms with E-state index < -0.39 is 10.0 Å². The van der Waals surface area contributed by atoms with E-state index in [1.165, 1.54) is 24.3 Å². The first-order valence-electron chi connectivity index (χ1n) is 8.60. The Morgan fingerprint density at radius 2 is 1.50 bits per heavy atom. The smallest absolute Gasteiger partial charge is 0.262 e. The lowest BCUT2D eigenvalue weighted by molar-refractivity contribution is -0.118. The number of aryl methyl sites for hydroxylation is 1. The Labute approximate surface area is 164 Å². The van der Waals surface area contributed by atoms with Gasteiger partial charge in [-0.15, -0.1) is 0 Å². The average Bonchev–Trinajstić information content (AvgIpc) is 2.69. The van der Waals surface area contributed by atoms with Crippen LogP contribution in [0.15, 0.2) is 83.8 Å². The van der Waals surface area contributed by atoms with Crippen molar-refractivity contribution in [1.82, 2.24) is 0 Å². The summed E-state index contributed by atoms with van der Waals surface area (Å²) < 4.78 is 32.8. The fourth-order valence-corrected chi connectivity index (χ4v) is 3.48. The van der Waals surface area contributed by atoms with Gasteiger partial charge in [-0.3, -0.25) is 9.52 Å². The topological polar surface area (TPSA) is 84.5 Å². The van der Waals surface area contributed by atoms with Crippen LogP contribution in [0.1, 0.15) is 5.56 Å². The lowest BCUT2D eigenvalue weighted by Crippen LogP contribution is -2.20. The molecule has 3 aromatic rings. The second kappa shape index (κ2) is 8.58. The zero-order valence-electron chi connectivity index (χ0n) is 15.3. The van der Waals surface area contributed by atoms with E-state index in [0.717, 1.165) is 5.56 Å². The maximum Gasteiger partial charge on any atom is 0.262 e. The summed E-state index contributed by atoms with van der Waals surface area (Å²) >= 11 is 0. The fraction of sp³-hybridized carbons (Fsp3) is 0.0952. The van der Waals surface area contributed by atoms with Crippen molar-refractivity contribution in [3.05, 3.63) is 84.4 Å². The molecular formula is C21H20N2O4S. The van der Waals surface area contributed by atoms with Crippen molar-refractivity contribution >= 4 is 27.3 Å². The highest BCUT2D eigenvalue weighted by molar-refractivity contribution is 7.92. The van der Waals surface area contributed by atoms with Crippen molar-refractivity contribution in [3.8, 4) is 5.75 Å². The van der Waals surface area contributed by atoms with Crippen molar-refractivity contribution in [2.24, 2.45) is 0 Å². The number of carbonyl (C=O) groups excluding carboxylic acids is 1. The van der Waals surface area contributed by atoms with E-state index in [2.05, 4.69) is 10.0 Å². The van der Waals surface area contributed by atoms with E-state index in [9.17, 15) is 13.2 Å². The van der Waals surface area contributed by atoms with Crippen molar-refractivity contribution in [1.29, 1.82) is 0 Å². The Morgan fingerprint density at radius 1 is 0.857 bits per heavy atom. The second-order valence-corrected chi connectivity index (χ2v) is 7.83. The Morgan fingerprint density at radius 3 is 2.14 bits per heavy atom. The fourth-order valence-electron chi connectivity index (χ4n) is 2.42. The maximum atomic E-state index is 12.5. The van der Waals surface area contributed by atoms with Crippen LogP contribution in [0.25, 0.3) is 0 Å². The third-order valence-electron chi connectivity index (χ3n) is 3.87. The first-order valence-corrected chi connectivity index (χ1v) is 10.1. The van der Waals surface area contributed by atoms with Crippen molar-refractivity contribution < 1.29 is 17.9 Å². The van der Waals surface area contributed by atoms with Gasteiger partial charge in [0.05, 0.1) is 4.90 Å². The van der Waals surface area contributed by atoms with Crippen LogP contribution in [0.4, 0.5) is 11.4 Å². The van der Waals surface area contributed by atoms with Gasteiger partial charge in [0, 0.05) is 11.4 Å². The lowest BCUT2D eigenvalue weighted by atomic mass is 10.2. The molecule has 0 saturated heterocycles. The largest absolute Gasteiger partial charge is 0.484 e. The molecule has 28 heavy (non-hydrogen) atoms. The Kier molecular flexibility index (Phi) is 5.96. The number of carbonyl (C=O) groups is 1. The molecule has 3 aromatic carbocycles. The lowest BCUT2D eigenvalue weighted by Gasteiger charge is -2.10. The third kappa shape index (κ3) is 5.34. The molecule has 6 nitrogen and oxygen atoms in total. The highest BCUT2D eigenvalue weighted by Crippen LogP contribution is 2.19. The number of hydrogen-bond acceptors (Lipinski definition) is 4. The number of rotatable bonds is 7. The summed E-state index contributed by atoms with van der Waals surface area (Å²) in [6.45, 7) is 1.75. The summed E-state index contributed by atoms with van der Waals surface area (Å²) in [4.78, 5) is 12.0. The molecule has 0 atom stereocenters. The van der Waals surface area contributed by atoms with E-state index in [-0.39, 0.29) is 17.4 Å². The quantitative estimate of drug-likeness (QED) is 0.636. The number of para-hydroxylation sites is 1. The molecule has 144 valence electrons. The molecule has 1 amide bonds. The molecule has 0 heterocycles. The molecule has 7 heteroatoms. The van der Waals surface area contributed by atoms with Crippen molar-refractivity contribution in [3.63, 3.8) is 0 Å². The number of hydrogen-bond donors (Lipinski definition) is 2. The molecule has 0 aliphatic heterocycles. The van der Waals surface area contributed by atoms with Gasteiger partial charge in [-0.25, -0.2) is 8.42 Å². The second-order valence-electron chi connectivity index (χ2n) is 6.15. The molecule has 0 unspecified atom stereocenters. The van der Waals surface area contributed by atoms with Gasteiger partial charge in [0.2, 0.25) is 0 Å². The normalized spacial score (nSPS) is 10.9. The predicted molar refractivity (Wildman–Crippen MR) is 109 cm³/mol. The van der Waals surface area contributed by atoms with Crippen LogP contribution in [0.5, 0.6) is 5.75 Å². The minimum atomic E-state index is -3.70. The number of ether oxygens (including phenoxy) is 1. The number of nitrogens with one attached hydrogen (secondary N) is 2. The molecule has 0 spiro atoms. The summed E-state index contributed by atoms with van der Waals surface area (Å²) in [7, 11) is -3.70. The summed E-state index contributed by atoms with van der Waals surface area (Å²) in [6.07, 6.45) is 0. The number of sulfonamides is 1. The number of amides is 1. The minimum absolute atomic E-state index is 0.106. The Balaban J connectivity index is 1.58. The summed E-state index contributed by atoms with van der Waals surface area (Å²) in [6, 6.07) is 22.0. The Bertz CT molecular complexity index is 1030. The van der Waals surface area contributed by atoms with Crippen LogP contribution >= 0.6 is 0 Å². The summed E-state index contributed by atoms with van der Waals surface area (Å²) in [5.74, 6) is 0.0985. The van der Waals surface area contributed by atoms with Gasteiger partial charge in [0.1, 0.15) is 5.75 Å². The van der Waals surface area contributed by atoms with E-state index >= 15 is 0 Å². The van der Waals surface area contributed by atoms with Gasteiger partial charge < -0.3 is 10.1 Å². The first-order chi connectivity index (χ1) is 13.4. The molecule has 0 fully saturated rings. The van der Waals surface area contributed by atoms with Crippen LogP contribution < -0.4 is 14.8 Å². The molecule has 2 N–H and O–H groups in total. The number of anilines is 2. The van der Waals surface area contributed by atoms with E-state index in [1.807, 2.05) is 37.3 Å². The van der Waals surface area contributed by atoms with Crippen LogP contribution in [-0.4, -0.2) is 20.9 Å². The molecule has 3 rings (SSSR count). The monoisotopic (exact) mass is 396 g/mol. The highest BCUT2D eigenvalue weighted by Gasteiger charge is 2.14.